The lowest BCUT2D eigenvalue weighted by atomic mass is 10.1. The Kier molecular flexibility index (Phi) is 4.71. The molecule has 0 N–H and O–H groups in total. The first-order valence-corrected chi connectivity index (χ1v) is 9.23. The van der Waals surface area contributed by atoms with Crippen LogP contribution in [0.15, 0.2) is 42.5 Å². The van der Waals surface area contributed by atoms with E-state index in [-0.39, 0.29) is 18.6 Å². The van der Waals surface area contributed by atoms with Crippen molar-refractivity contribution < 1.29 is 19.1 Å². The molecule has 2 aromatic carbocycles. The van der Waals surface area contributed by atoms with Crippen LogP contribution in [0.1, 0.15) is 33.2 Å². The van der Waals surface area contributed by atoms with Gasteiger partial charge >= 0.3 is 0 Å². The molecule has 2 aliphatic heterocycles. The molecule has 0 aromatic heterocycles. The minimum absolute atomic E-state index is 0.0211. The van der Waals surface area contributed by atoms with E-state index in [1.807, 2.05) is 29.2 Å². The van der Waals surface area contributed by atoms with Crippen LogP contribution in [0, 0.1) is 0 Å². The topological polar surface area (TPSA) is 59.1 Å². The zero-order chi connectivity index (χ0) is 18.8. The predicted octanol–water partition coefficient (Wildman–Crippen LogP) is 2.58. The van der Waals surface area contributed by atoms with Gasteiger partial charge < -0.3 is 19.3 Å². The van der Waals surface area contributed by atoms with Crippen LogP contribution < -0.4 is 9.47 Å². The predicted molar refractivity (Wildman–Crippen MR) is 100 cm³/mol. The number of fused-ring (bicyclic) bond motifs is 1. The molecule has 2 amide bonds. The third kappa shape index (κ3) is 3.47. The molecule has 1 saturated heterocycles. The number of aryl methyl sites for hydroxylation is 1. The van der Waals surface area contributed by atoms with Gasteiger partial charge in [0.25, 0.3) is 11.8 Å². The van der Waals surface area contributed by atoms with Crippen molar-refractivity contribution in [3.63, 3.8) is 0 Å². The lowest BCUT2D eigenvalue weighted by molar-refractivity contribution is 0.0535. The SMILES string of the molecule is CCc1ccc(C(=O)N2CCN(C(=O)c3ccc4c(c3)OCO4)CC2)cc1. The number of carbonyl (C=O) groups is 2. The molecule has 4 rings (SSSR count). The molecule has 0 radical (unpaired) electrons. The summed E-state index contributed by atoms with van der Waals surface area (Å²) in [4.78, 5) is 29.0. The number of nitrogens with zero attached hydrogens (tertiary/aromatic N) is 2. The number of hydrogen-bond acceptors (Lipinski definition) is 4. The van der Waals surface area contributed by atoms with E-state index in [1.165, 1.54) is 5.56 Å². The highest BCUT2D eigenvalue weighted by molar-refractivity contribution is 5.96. The fraction of sp³-hybridized carbons (Fsp3) is 0.333. The molecular formula is C21H22N2O4. The zero-order valence-corrected chi connectivity index (χ0v) is 15.3. The van der Waals surface area contributed by atoms with Gasteiger partial charge in [-0.2, -0.15) is 0 Å². The summed E-state index contributed by atoms with van der Waals surface area (Å²) in [5, 5.41) is 0. The molecule has 0 atom stereocenters. The number of benzene rings is 2. The fourth-order valence-electron chi connectivity index (χ4n) is 3.39. The van der Waals surface area contributed by atoms with Gasteiger partial charge in [-0.05, 0) is 42.3 Å². The van der Waals surface area contributed by atoms with Crippen LogP contribution in [-0.2, 0) is 6.42 Å². The molecule has 6 heteroatoms. The Morgan fingerprint density at radius 2 is 1.37 bits per heavy atom. The Labute approximate surface area is 158 Å². The van der Waals surface area contributed by atoms with Crippen LogP contribution in [0.2, 0.25) is 0 Å². The van der Waals surface area contributed by atoms with Crippen LogP contribution in [0.4, 0.5) is 0 Å². The summed E-state index contributed by atoms with van der Waals surface area (Å²) in [5.41, 5.74) is 2.49. The van der Waals surface area contributed by atoms with E-state index in [1.54, 1.807) is 23.1 Å². The second kappa shape index (κ2) is 7.31. The maximum Gasteiger partial charge on any atom is 0.254 e. The summed E-state index contributed by atoms with van der Waals surface area (Å²) in [6, 6.07) is 13.0. The number of rotatable bonds is 3. The Balaban J connectivity index is 1.38. The minimum atomic E-state index is -0.0484. The zero-order valence-electron chi connectivity index (χ0n) is 15.3. The molecule has 0 spiro atoms. The number of piperazine rings is 1. The molecule has 2 heterocycles. The van der Waals surface area contributed by atoms with Crippen molar-refractivity contribution in [1.29, 1.82) is 0 Å². The smallest absolute Gasteiger partial charge is 0.254 e. The highest BCUT2D eigenvalue weighted by Crippen LogP contribution is 2.32. The maximum atomic E-state index is 12.7. The largest absolute Gasteiger partial charge is 0.454 e. The number of carbonyl (C=O) groups excluding carboxylic acids is 2. The number of ether oxygens (including phenoxy) is 2. The van der Waals surface area contributed by atoms with Crippen molar-refractivity contribution in [2.45, 2.75) is 13.3 Å². The normalized spacial score (nSPS) is 15.7. The average molecular weight is 366 g/mol. The van der Waals surface area contributed by atoms with E-state index in [0.717, 1.165) is 6.42 Å². The lowest BCUT2D eigenvalue weighted by Gasteiger charge is -2.35. The molecule has 0 saturated carbocycles. The quantitative estimate of drug-likeness (QED) is 0.838. The second-order valence-electron chi connectivity index (χ2n) is 6.70. The highest BCUT2D eigenvalue weighted by atomic mass is 16.7. The van der Waals surface area contributed by atoms with Gasteiger partial charge in [0.1, 0.15) is 0 Å². The monoisotopic (exact) mass is 366 g/mol. The van der Waals surface area contributed by atoms with E-state index in [4.69, 9.17) is 9.47 Å². The Morgan fingerprint density at radius 1 is 0.815 bits per heavy atom. The average Bonchev–Trinajstić information content (AvgIpc) is 3.21. The third-order valence-electron chi connectivity index (χ3n) is 5.08. The van der Waals surface area contributed by atoms with Crippen molar-refractivity contribution in [2.24, 2.45) is 0 Å². The van der Waals surface area contributed by atoms with Gasteiger partial charge in [0, 0.05) is 37.3 Å². The van der Waals surface area contributed by atoms with Gasteiger partial charge in [0.2, 0.25) is 6.79 Å². The van der Waals surface area contributed by atoms with Crippen molar-refractivity contribution in [3.05, 3.63) is 59.2 Å². The van der Waals surface area contributed by atoms with Crippen LogP contribution >= 0.6 is 0 Å². The maximum absolute atomic E-state index is 12.7. The van der Waals surface area contributed by atoms with Crippen molar-refractivity contribution >= 4 is 11.8 Å². The number of amides is 2. The Hall–Kier alpha value is -3.02. The molecule has 140 valence electrons. The second-order valence-corrected chi connectivity index (χ2v) is 6.70. The van der Waals surface area contributed by atoms with Gasteiger partial charge in [0.15, 0.2) is 11.5 Å². The highest BCUT2D eigenvalue weighted by Gasteiger charge is 2.26. The van der Waals surface area contributed by atoms with E-state index in [0.29, 0.717) is 48.8 Å². The van der Waals surface area contributed by atoms with Crippen molar-refractivity contribution in [1.82, 2.24) is 9.80 Å². The van der Waals surface area contributed by atoms with Gasteiger partial charge in [0.05, 0.1) is 0 Å². The molecule has 2 aromatic rings. The molecule has 0 aliphatic carbocycles. The van der Waals surface area contributed by atoms with Crippen LogP contribution in [-0.4, -0.2) is 54.6 Å². The van der Waals surface area contributed by atoms with E-state index < -0.39 is 0 Å². The van der Waals surface area contributed by atoms with Crippen LogP contribution in [0.5, 0.6) is 11.5 Å². The molecule has 0 bridgehead atoms. The first kappa shape index (κ1) is 17.4. The van der Waals surface area contributed by atoms with Gasteiger partial charge in [-0.15, -0.1) is 0 Å². The molecule has 0 unspecified atom stereocenters. The molecule has 6 nitrogen and oxygen atoms in total. The van der Waals surface area contributed by atoms with Crippen molar-refractivity contribution in [2.75, 3.05) is 33.0 Å². The first-order valence-electron chi connectivity index (χ1n) is 9.23. The number of hydrogen-bond donors (Lipinski definition) is 0. The summed E-state index contributed by atoms with van der Waals surface area (Å²) >= 11 is 0. The Morgan fingerprint density at radius 3 is 2.00 bits per heavy atom. The van der Waals surface area contributed by atoms with Gasteiger partial charge in [-0.3, -0.25) is 9.59 Å². The van der Waals surface area contributed by atoms with Gasteiger partial charge in [-0.1, -0.05) is 19.1 Å². The molecule has 27 heavy (non-hydrogen) atoms. The van der Waals surface area contributed by atoms with Crippen LogP contribution in [0.3, 0.4) is 0 Å². The first-order chi connectivity index (χ1) is 13.2. The molecule has 2 aliphatic rings. The summed E-state index contributed by atoms with van der Waals surface area (Å²) in [6.45, 7) is 4.38. The van der Waals surface area contributed by atoms with Gasteiger partial charge in [-0.25, -0.2) is 0 Å². The fourth-order valence-corrected chi connectivity index (χ4v) is 3.39. The van der Waals surface area contributed by atoms with Crippen molar-refractivity contribution in [3.8, 4) is 11.5 Å². The lowest BCUT2D eigenvalue weighted by Crippen LogP contribution is -2.50. The molecule has 1 fully saturated rings. The van der Waals surface area contributed by atoms with Crippen LogP contribution in [0.25, 0.3) is 0 Å². The minimum Gasteiger partial charge on any atom is -0.454 e. The standard InChI is InChI=1S/C21H22N2O4/c1-2-15-3-5-16(6-4-15)20(24)22-9-11-23(12-10-22)21(25)17-7-8-18-19(13-17)27-14-26-18/h3-8,13H,2,9-12,14H2,1H3. The Bertz CT molecular complexity index is 855. The van der Waals surface area contributed by atoms with E-state index >= 15 is 0 Å². The summed E-state index contributed by atoms with van der Waals surface area (Å²) in [6.07, 6.45) is 0.953. The third-order valence-corrected chi connectivity index (χ3v) is 5.08. The van der Waals surface area contributed by atoms with E-state index in [9.17, 15) is 9.59 Å². The summed E-state index contributed by atoms with van der Waals surface area (Å²) < 4.78 is 10.6. The summed E-state index contributed by atoms with van der Waals surface area (Å²) in [7, 11) is 0. The van der Waals surface area contributed by atoms with E-state index in [2.05, 4.69) is 6.92 Å². The summed E-state index contributed by atoms with van der Waals surface area (Å²) in [5.74, 6) is 1.24. The molecular weight excluding hydrogens is 344 g/mol.